The number of furan rings is 1. The summed E-state index contributed by atoms with van der Waals surface area (Å²) in [5.74, 6) is 1.03. The van der Waals surface area contributed by atoms with Crippen LogP contribution in [-0.4, -0.2) is 10.9 Å². The molecule has 0 aliphatic carbocycles. The van der Waals surface area contributed by atoms with Crippen molar-refractivity contribution >= 4 is 23.1 Å². The number of nitrogens with two attached hydrogens (primary N) is 1. The molecule has 0 spiro atoms. The van der Waals surface area contributed by atoms with Crippen LogP contribution in [0.1, 0.15) is 44.3 Å². The van der Waals surface area contributed by atoms with Gasteiger partial charge in [0.1, 0.15) is 11.5 Å². The van der Waals surface area contributed by atoms with Crippen LogP contribution in [0, 0.1) is 12.8 Å². The molecule has 0 aliphatic rings. The molecule has 0 bridgehead atoms. The average Bonchev–Trinajstić information content (AvgIpc) is 2.72. The molecule has 1 rings (SSSR count). The van der Waals surface area contributed by atoms with Crippen molar-refractivity contribution in [1.82, 2.24) is 5.32 Å². The van der Waals surface area contributed by atoms with E-state index in [9.17, 15) is 4.79 Å². The smallest absolute Gasteiger partial charge is 0.230 e. The van der Waals surface area contributed by atoms with Crippen molar-refractivity contribution in [1.29, 1.82) is 0 Å². The highest BCUT2D eigenvalue weighted by Gasteiger charge is 2.23. The number of amides is 1. The average molecular weight is 268 g/mol. The van der Waals surface area contributed by atoms with Crippen LogP contribution in [0.25, 0.3) is 0 Å². The molecule has 2 unspecified atom stereocenters. The van der Waals surface area contributed by atoms with Crippen LogP contribution >= 0.6 is 12.2 Å². The molecule has 1 heterocycles. The van der Waals surface area contributed by atoms with Crippen LogP contribution in [0.3, 0.4) is 0 Å². The third kappa shape index (κ3) is 3.84. The van der Waals surface area contributed by atoms with Crippen molar-refractivity contribution in [2.24, 2.45) is 11.7 Å². The number of carbonyl (C=O) groups is 1. The van der Waals surface area contributed by atoms with Gasteiger partial charge in [-0.25, -0.2) is 0 Å². The number of rotatable bonds is 6. The zero-order valence-corrected chi connectivity index (χ0v) is 11.8. The van der Waals surface area contributed by atoms with Crippen LogP contribution in [0.2, 0.25) is 0 Å². The van der Waals surface area contributed by atoms with Crippen LogP contribution in [0.5, 0.6) is 0 Å². The summed E-state index contributed by atoms with van der Waals surface area (Å²) >= 11 is 4.93. The molecule has 18 heavy (non-hydrogen) atoms. The lowest BCUT2D eigenvalue weighted by Crippen LogP contribution is -2.38. The van der Waals surface area contributed by atoms with Gasteiger partial charge in [-0.2, -0.15) is 0 Å². The van der Waals surface area contributed by atoms with E-state index >= 15 is 0 Å². The standard InChI is InChI=1S/C13H20N2O2S/c1-4-5-10(12(14)18)13(16)15-9(3)11-7-6-8(2)17-11/h6-7,9-10H,4-5H2,1-3H3,(H2,14,18)(H,15,16). The molecule has 0 radical (unpaired) electrons. The summed E-state index contributed by atoms with van der Waals surface area (Å²) in [6, 6.07) is 3.55. The van der Waals surface area contributed by atoms with Gasteiger partial charge in [-0.1, -0.05) is 25.6 Å². The molecule has 0 aliphatic heterocycles. The molecular weight excluding hydrogens is 248 g/mol. The molecule has 0 aromatic carbocycles. The summed E-state index contributed by atoms with van der Waals surface area (Å²) in [5.41, 5.74) is 5.59. The molecule has 2 atom stereocenters. The van der Waals surface area contributed by atoms with Gasteiger partial charge in [0.05, 0.1) is 16.9 Å². The van der Waals surface area contributed by atoms with Crippen LogP contribution in [0.4, 0.5) is 0 Å². The van der Waals surface area contributed by atoms with Gasteiger partial charge in [-0.15, -0.1) is 0 Å². The van der Waals surface area contributed by atoms with Gasteiger partial charge in [-0.05, 0) is 32.4 Å². The van der Waals surface area contributed by atoms with Gasteiger partial charge in [0, 0.05) is 0 Å². The highest BCUT2D eigenvalue weighted by atomic mass is 32.1. The topological polar surface area (TPSA) is 68.3 Å². The molecule has 1 amide bonds. The number of aryl methyl sites for hydroxylation is 1. The van der Waals surface area contributed by atoms with Gasteiger partial charge in [0.2, 0.25) is 5.91 Å². The van der Waals surface area contributed by atoms with Gasteiger partial charge < -0.3 is 15.5 Å². The normalized spacial score (nSPS) is 13.9. The predicted octanol–water partition coefficient (Wildman–Crippen LogP) is 2.47. The SMILES string of the molecule is CCCC(C(=O)NC(C)c1ccc(C)o1)C(N)=S. The lowest BCUT2D eigenvalue weighted by Gasteiger charge is -2.17. The van der Waals surface area contributed by atoms with Crippen LogP contribution in [-0.2, 0) is 4.79 Å². The van der Waals surface area contributed by atoms with Gasteiger partial charge in [-0.3, -0.25) is 4.79 Å². The van der Waals surface area contributed by atoms with E-state index in [1.54, 1.807) is 0 Å². The predicted molar refractivity (Wildman–Crippen MR) is 75.2 cm³/mol. The van der Waals surface area contributed by atoms with Crippen molar-refractivity contribution in [3.8, 4) is 0 Å². The molecule has 0 fully saturated rings. The first-order chi connectivity index (χ1) is 8.45. The minimum atomic E-state index is -0.400. The molecule has 1 aromatic heterocycles. The minimum Gasteiger partial charge on any atom is -0.464 e. The Kier molecular flexibility index (Phi) is 5.34. The third-order valence-electron chi connectivity index (χ3n) is 2.78. The van der Waals surface area contributed by atoms with Crippen molar-refractivity contribution in [2.45, 2.75) is 39.7 Å². The molecule has 100 valence electrons. The Balaban J connectivity index is 2.65. The van der Waals surface area contributed by atoms with Crippen LogP contribution < -0.4 is 11.1 Å². The van der Waals surface area contributed by atoms with E-state index in [0.717, 1.165) is 17.9 Å². The minimum absolute atomic E-state index is 0.133. The first-order valence-electron chi connectivity index (χ1n) is 6.11. The largest absolute Gasteiger partial charge is 0.464 e. The van der Waals surface area contributed by atoms with E-state index in [2.05, 4.69) is 5.32 Å². The third-order valence-corrected chi connectivity index (χ3v) is 3.07. The first kappa shape index (κ1) is 14.7. The molecule has 0 saturated heterocycles. The van der Waals surface area contributed by atoms with Gasteiger partial charge in [0.25, 0.3) is 0 Å². The number of carbonyl (C=O) groups excluding carboxylic acids is 1. The number of nitrogens with one attached hydrogen (secondary N) is 1. The molecule has 1 aromatic rings. The second-order valence-electron chi connectivity index (χ2n) is 4.42. The van der Waals surface area contributed by atoms with Crippen molar-refractivity contribution in [3.05, 3.63) is 23.7 Å². The summed E-state index contributed by atoms with van der Waals surface area (Å²) < 4.78 is 5.47. The molecular formula is C13H20N2O2S. The maximum atomic E-state index is 12.0. The molecule has 4 nitrogen and oxygen atoms in total. The fourth-order valence-electron chi connectivity index (χ4n) is 1.76. The Bertz CT molecular complexity index is 428. The lowest BCUT2D eigenvalue weighted by atomic mass is 10.0. The summed E-state index contributed by atoms with van der Waals surface area (Å²) in [4.78, 5) is 12.3. The zero-order valence-electron chi connectivity index (χ0n) is 11.0. The molecule has 3 N–H and O–H groups in total. The van der Waals surface area contributed by atoms with Crippen molar-refractivity contribution < 1.29 is 9.21 Å². The first-order valence-corrected chi connectivity index (χ1v) is 6.52. The summed E-state index contributed by atoms with van der Waals surface area (Å²) in [5, 5.41) is 2.88. The Hall–Kier alpha value is -1.36. The lowest BCUT2D eigenvalue weighted by molar-refractivity contribution is -0.123. The Morgan fingerprint density at radius 2 is 2.22 bits per heavy atom. The quantitative estimate of drug-likeness (QED) is 0.778. The number of hydrogen-bond donors (Lipinski definition) is 2. The molecule has 5 heteroatoms. The van der Waals surface area contributed by atoms with E-state index in [4.69, 9.17) is 22.4 Å². The summed E-state index contributed by atoms with van der Waals surface area (Å²) in [7, 11) is 0. The van der Waals surface area contributed by atoms with E-state index in [-0.39, 0.29) is 16.9 Å². The Morgan fingerprint density at radius 1 is 1.56 bits per heavy atom. The maximum Gasteiger partial charge on any atom is 0.230 e. The summed E-state index contributed by atoms with van der Waals surface area (Å²) in [6.07, 6.45) is 1.54. The highest BCUT2D eigenvalue weighted by molar-refractivity contribution is 7.80. The Labute approximate surface area is 113 Å². The second kappa shape index (κ2) is 6.54. The van der Waals surface area contributed by atoms with Crippen LogP contribution in [0.15, 0.2) is 16.5 Å². The van der Waals surface area contributed by atoms with Crippen molar-refractivity contribution in [3.63, 3.8) is 0 Å². The van der Waals surface area contributed by atoms with E-state index < -0.39 is 5.92 Å². The fraction of sp³-hybridized carbons (Fsp3) is 0.538. The van der Waals surface area contributed by atoms with Gasteiger partial charge >= 0.3 is 0 Å². The van der Waals surface area contributed by atoms with E-state index in [1.807, 2.05) is 32.9 Å². The summed E-state index contributed by atoms with van der Waals surface area (Å²) in [6.45, 7) is 5.74. The number of thiocarbonyl (C=S) groups is 1. The monoisotopic (exact) mass is 268 g/mol. The van der Waals surface area contributed by atoms with E-state index in [1.165, 1.54) is 0 Å². The number of hydrogen-bond acceptors (Lipinski definition) is 3. The molecule has 0 saturated carbocycles. The fourth-order valence-corrected chi connectivity index (χ4v) is 1.99. The highest BCUT2D eigenvalue weighted by Crippen LogP contribution is 2.17. The Morgan fingerprint density at radius 3 is 2.67 bits per heavy atom. The zero-order chi connectivity index (χ0) is 13.7. The van der Waals surface area contributed by atoms with Crippen molar-refractivity contribution in [2.75, 3.05) is 0 Å². The maximum absolute atomic E-state index is 12.0. The second-order valence-corrected chi connectivity index (χ2v) is 4.89. The van der Waals surface area contributed by atoms with E-state index in [0.29, 0.717) is 6.42 Å². The van der Waals surface area contributed by atoms with Gasteiger partial charge in [0.15, 0.2) is 0 Å².